The molecular formula is C16H19FN2. The van der Waals surface area contributed by atoms with Gasteiger partial charge in [0.05, 0.1) is 6.04 Å². The summed E-state index contributed by atoms with van der Waals surface area (Å²) in [6.45, 7) is 3.92. The Morgan fingerprint density at radius 1 is 1.11 bits per heavy atom. The lowest BCUT2D eigenvalue weighted by molar-refractivity contribution is 0.510. The Bertz CT molecular complexity index is 566. The second kappa shape index (κ2) is 5.95. The molecule has 2 nitrogen and oxygen atoms in total. The van der Waals surface area contributed by atoms with Crippen molar-refractivity contribution < 1.29 is 4.39 Å². The van der Waals surface area contributed by atoms with E-state index in [4.69, 9.17) is 5.84 Å². The van der Waals surface area contributed by atoms with Gasteiger partial charge in [-0.1, -0.05) is 42.0 Å². The first-order valence-electron chi connectivity index (χ1n) is 6.38. The molecule has 2 aromatic carbocycles. The van der Waals surface area contributed by atoms with E-state index in [9.17, 15) is 4.39 Å². The minimum atomic E-state index is -0.220. The summed E-state index contributed by atoms with van der Waals surface area (Å²) in [6.07, 6.45) is 0.665. The summed E-state index contributed by atoms with van der Waals surface area (Å²) < 4.78 is 14.0. The third kappa shape index (κ3) is 3.40. The van der Waals surface area contributed by atoms with Crippen LogP contribution in [-0.2, 0) is 6.42 Å². The van der Waals surface area contributed by atoms with Crippen molar-refractivity contribution in [3.8, 4) is 0 Å². The molecule has 0 aliphatic carbocycles. The highest BCUT2D eigenvalue weighted by Gasteiger charge is 2.15. The van der Waals surface area contributed by atoms with E-state index in [-0.39, 0.29) is 11.9 Å². The lowest BCUT2D eigenvalue weighted by atomic mass is 9.97. The Kier molecular flexibility index (Phi) is 4.30. The SMILES string of the molecule is Cc1cccc(CC(NN)c2ccc(C)cc2F)c1. The van der Waals surface area contributed by atoms with E-state index < -0.39 is 0 Å². The molecule has 0 amide bonds. The number of hydrazine groups is 1. The van der Waals surface area contributed by atoms with Crippen molar-refractivity contribution in [2.45, 2.75) is 26.3 Å². The van der Waals surface area contributed by atoms with Crippen LogP contribution in [0.5, 0.6) is 0 Å². The van der Waals surface area contributed by atoms with Crippen molar-refractivity contribution in [2.24, 2.45) is 5.84 Å². The summed E-state index contributed by atoms with van der Waals surface area (Å²) in [6, 6.07) is 13.2. The molecule has 0 aliphatic rings. The van der Waals surface area contributed by atoms with Gasteiger partial charge in [0.25, 0.3) is 0 Å². The monoisotopic (exact) mass is 258 g/mol. The Hall–Kier alpha value is -1.71. The smallest absolute Gasteiger partial charge is 0.128 e. The topological polar surface area (TPSA) is 38.0 Å². The maximum Gasteiger partial charge on any atom is 0.128 e. The van der Waals surface area contributed by atoms with Crippen molar-refractivity contribution in [3.63, 3.8) is 0 Å². The van der Waals surface area contributed by atoms with Crippen LogP contribution in [0.25, 0.3) is 0 Å². The maximum absolute atomic E-state index is 14.0. The minimum absolute atomic E-state index is 0.212. The molecule has 0 spiro atoms. The van der Waals surface area contributed by atoms with Crippen LogP contribution in [0.15, 0.2) is 42.5 Å². The zero-order chi connectivity index (χ0) is 13.8. The number of nitrogens with one attached hydrogen (secondary N) is 1. The summed E-state index contributed by atoms with van der Waals surface area (Å²) in [5, 5.41) is 0. The first kappa shape index (κ1) is 13.7. The molecule has 3 heteroatoms. The van der Waals surface area contributed by atoms with Crippen LogP contribution in [0, 0.1) is 19.7 Å². The molecule has 0 aromatic heterocycles. The molecule has 0 fully saturated rings. The number of halogens is 1. The maximum atomic E-state index is 14.0. The molecule has 1 atom stereocenters. The van der Waals surface area contributed by atoms with Gasteiger partial charge >= 0.3 is 0 Å². The van der Waals surface area contributed by atoms with Crippen LogP contribution in [0.2, 0.25) is 0 Å². The van der Waals surface area contributed by atoms with Crippen molar-refractivity contribution >= 4 is 0 Å². The predicted octanol–water partition coefficient (Wildman–Crippen LogP) is 3.19. The van der Waals surface area contributed by atoms with Gasteiger partial charge in [-0.2, -0.15) is 0 Å². The molecule has 0 radical (unpaired) electrons. The van der Waals surface area contributed by atoms with E-state index in [1.165, 1.54) is 11.6 Å². The Labute approximate surface area is 113 Å². The zero-order valence-electron chi connectivity index (χ0n) is 11.3. The quantitative estimate of drug-likeness (QED) is 0.653. The highest BCUT2D eigenvalue weighted by Crippen LogP contribution is 2.22. The standard InChI is InChI=1S/C16H19FN2/c1-11-4-3-5-13(8-11)10-16(19-18)14-7-6-12(2)9-15(14)17/h3-9,16,19H,10,18H2,1-2H3. The highest BCUT2D eigenvalue weighted by molar-refractivity contribution is 5.29. The largest absolute Gasteiger partial charge is 0.271 e. The van der Waals surface area contributed by atoms with Gasteiger partial charge in [-0.05, 0) is 37.5 Å². The first-order chi connectivity index (χ1) is 9.10. The normalized spacial score (nSPS) is 12.4. The molecule has 0 saturated carbocycles. The van der Waals surface area contributed by atoms with Gasteiger partial charge in [0.1, 0.15) is 5.82 Å². The molecule has 2 rings (SSSR count). The predicted molar refractivity (Wildman–Crippen MR) is 76.1 cm³/mol. The third-order valence-corrected chi connectivity index (χ3v) is 3.25. The lowest BCUT2D eigenvalue weighted by Gasteiger charge is -2.17. The number of benzene rings is 2. The lowest BCUT2D eigenvalue weighted by Crippen LogP contribution is -2.30. The number of rotatable bonds is 4. The summed E-state index contributed by atoms with van der Waals surface area (Å²) in [5.41, 5.74) is 6.56. The Morgan fingerprint density at radius 3 is 2.47 bits per heavy atom. The fourth-order valence-corrected chi connectivity index (χ4v) is 2.25. The molecule has 0 saturated heterocycles. The molecule has 0 aliphatic heterocycles. The third-order valence-electron chi connectivity index (χ3n) is 3.25. The first-order valence-corrected chi connectivity index (χ1v) is 6.38. The van der Waals surface area contributed by atoms with Crippen molar-refractivity contribution in [2.75, 3.05) is 0 Å². The van der Waals surface area contributed by atoms with E-state index >= 15 is 0 Å². The van der Waals surface area contributed by atoms with Crippen LogP contribution >= 0.6 is 0 Å². The fraction of sp³-hybridized carbons (Fsp3) is 0.250. The van der Waals surface area contributed by atoms with Gasteiger partial charge in [-0.25, -0.2) is 4.39 Å². The van der Waals surface area contributed by atoms with Crippen LogP contribution in [0.4, 0.5) is 4.39 Å². The van der Waals surface area contributed by atoms with E-state index in [1.54, 1.807) is 6.07 Å². The van der Waals surface area contributed by atoms with Gasteiger partial charge in [0.2, 0.25) is 0 Å². The average molecular weight is 258 g/mol. The second-order valence-corrected chi connectivity index (χ2v) is 4.94. The number of hydrogen-bond donors (Lipinski definition) is 2. The molecule has 0 heterocycles. The highest BCUT2D eigenvalue weighted by atomic mass is 19.1. The summed E-state index contributed by atoms with van der Waals surface area (Å²) >= 11 is 0. The fourth-order valence-electron chi connectivity index (χ4n) is 2.25. The average Bonchev–Trinajstić information content (AvgIpc) is 2.37. The van der Waals surface area contributed by atoms with Crippen LogP contribution in [0.3, 0.4) is 0 Å². The number of aryl methyl sites for hydroxylation is 2. The van der Waals surface area contributed by atoms with E-state index in [0.29, 0.717) is 12.0 Å². The van der Waals surface area contributed by atoms with Crippen LogP contribution < -0.4 is 11.3 Å². The Morgan fingerprint density at radius 2 is 1.84 bits per heavy atom. The van der Waals surface area contributed by atoms with Gasteiger partial charge in [0.15, 0.2) is 0 Å². The van der Waals surface area contributed by atoms with Crippen LogP contribution in [0.1, 0.15) is 28.3 Å². The van der Waals surface area contributed by atoms with Gasteiger partial charge < -0.3 is 0 Å². The second-order valence-electron chi connectivity index (χ2n) is 4.94. The van der Waals surface area contributed by atoms with Crippen molar-refractivity contribution in [3.05, 3.63) is 70.5 Å². The zero-order valence-corrected chi connectivity index (χ0v) is 11.3. The summed E-state index contributed by atoms with van der Waals surface area (Å²) in [4.78, 5) is 0. The van der Waals surface area contributed by atoms with E-state index in [0.717, 1.165) is 11.1 Å². The summed E-state index contributed by atoms with van der Waals surface area (Å²) in [5.74, 6) is 5.37. The molecule has 3 N–H and O–H groups in total. The molecule has 1 unspecified atom stereocenters. The van der Waals surface area contributed by atoms with Crippen molar-refractivity contribution in [1.29, 1.82) is 0 Å². The summed E-state index contributed by atoms with van der Waals surface area (Å²) in [7, 11) is 0. The molecule has 19 heavy (non-hydrogen) atoms. The van der Waals surface area contributed by atoms with Gasteiger partial charge in [0, 0.05) is 5.56 Å². The van der Waals surface area contributed by atoms with Crippen LogP contribution in [-0.4, -0.2) is 0 Å². The Balaban J connectivity index is 2.25. The van der Waals surface area contributed by atoms with Crippen molar-refractivity contribution in [1.82, 2.24) is 5.43 Å². The molecule has 2 aromatic rings. The van der Waals surface area contributed by atoms with Gasteiger partial charge in [-0.15, -0.1) is 0 Å². The number of nitrogens with two attached hydrogens (primary N) is 1. The van der Waals surface area contributed by atoms with E-state index in [1.807, 2.05) is 38.1 Å². The molecular weight excluding hydrogens is 239 g/mol. The molecule has 0 bridgehead atoms. The van der Waals surface area contributed by atoms with E-state index in [2.05, 4.69) is 11.5 Å². The van der Waals surface area contributed by atoms with Gasteiger partial charge in [-0.3, -0.25) is 11.3 Å². The molecule has 100 valence electrons. The minimum Gasteiger partial charge on any atom is -0.271 e. The number of hydrogen-bond acceptors (Lipinski definition) is 2.